The molecule has 0 saturated carbocycles. The molecule has 0 atom stereocenters. The maximum absolute atomic E-state index is 11.3. The van der Waals surface area contributed by atoms with Crippen LogP contribution in [0.3, 0.4) is 0 Å². The van der Waals surface area contributed by atoms with Gasteiger partial charge in [-0.3, -0.25) is 4.79 Å². The highest BCUT2D eigenvalue weighted by molar-refractivity contribution is 9.10. The summed E-state index contributed by atoms with van der Waals surface area (Å²) < 4.78 is 11.4. The van der Waals surface area contributed by atoms with Crippen LogP contribution in [0.25, 0.3) is 22.7 Å². The zero-order chi connectivity index (χ0) is 19.4. The molecule has 136 valence electrons. The summed E-state index contributed by atoms with van der Waals surface area (Å²) in [6.07, 6.45) is 1.70. The number of aromatic nitrogens is 2. The minimum Gasteiger partial charge on any atom is -0.490 e. The van der Waals surface area contributed by atoms with E-state index in [9.17, 15) is 10.1 Å². The van der Waals surface area contributed by atoms with Crippen molar-refractivity contribution in [2.75, 3.05) is 6.61 Å². The molecule has 0 spiro atoms. The Morgan fingerprint density at radius 3 is 2.81 bits per heavy atom. The highest BCUT2D eigenvalue weighted by Crippen LogP contribution is 2.38. The van der Waals surface area contributed by atoms with E-state index in [2.05, 4.69) is 32.0 Å². The first kappa shape index (κ1) is 18.7. The second kappa shape index (κ2) is 8.06. The minimum absolute atomic E-state index is 0.309. The largest absolute Gasteiger partial charge is 0.490 e. The zero-order valence-corrected chi connectivity index (χ0v) is 16.3. The number of imidazole rings is 1. The molecule has 2 aromatic carbocycles. The summed E-state index contributed by atoms with van der Waals surface area (Å²) >= 11 is 3.40. The SMILES string of the molecule is CCOc1cc(C=C(C#N)c2nc3ccccc3[nH]2)cc(Br)c1OC(C)=O. The van der Waals surface area contributed by atoms with Crippen molar-refractivity contribution in [3.8, 4) is 17.6 Å². The fraction of sp³-hybridized carbons (Fsp3) is 0.150. The second-order valence-corrected chi connectivity index (χ2v) is 6.48. The molecular weight excluding hydrogens is 410 g/mol. The van der Waals surface area contributed by atoms with Gasteiger partial charge in [0.25, 0.3) is 0 Å². The van der Waals surface area contributed by atoms with E-state index in [1.165, 1.54) is 6.92 Å². The predicted molar refractivity (Wildman–Crippen MR) is 106 cm³/mol. The molecule has 1 aromatic heterocycles. The normalized spacial score (nSPS) is 11.3. The first-order valence-corrected chi connectivity index (χ1v) is 9.02. The lowest BCUT2D eigenvalue weighted by Crippen LogP contribution is -2.05. The summed E-state index contributed by atoms with van der Waals surface area (Å²) in [6, 6.07) is 13.2. The number of esters is 1. The molecule has 3 aromatic rings. The van der Waals surface area contributed by atoms with Crippen LogP contribution in [0.1, 0.15) is 25.2 Å². The lowest BCUT2D eigenvalue weighted by molar-refractivity contribution is -0.132. The molecule has 0 unspecified atom stereocenters. The smallest absolute Gasteiger partial charge is 0.308 e. The van der Waals surface area contributed by atoms with Crippen molar-refractivity contribution in [3.63, 3.8) is 0 Å². The molecule has 0 amide bonds. The number of rotatable bonds is 5. The number of carbonyl (C=O) groups is 1. The molecule has 0 aliphatic heterocycles. The third-order valence-electron chi connectivity index (χ3n) is 3.65. The summed E-state index contributed by atoms with van der Waals surface area (Å²) in [5.41, 5.74) is 2.73. The van der Waals surface area contributed by atoms with Gasteiger partial charge in [0.15, 0.2) is 11.5 Å². The van der Waals surface area contributed by atoms with Gasteiger partial charge in [-0.25, -0.2) is 4.98 Å². The number of benzene rings is 2. The average molecular weight is 426 g/mol. The van der Waals surface area contributed by atoms with E-state index in [-0.39, 0.29) is 0 Å². The van der Waals surface area contributed by atoms with Gasteiger partial charge in [0.1, 0.15) is 11.9 Å². The number of nitriles is 1. The van der Waals surface area contributed by atoms with Crippen LogP contribution in [-0.2, 0) is 4.79 Å². The molecule has 3 rings (SSSR count). The molecule has 6 nitrogen and oxygen atoms in total. The highest BCUT2D eigenvalue weighted by atomic mass is 79.9. The monoisotopic (exact) mass is 425 g/mol. The molecule has 27 heavy (non-hydrogen) atoms. The topological polar surface area (TPSA) is 88.0 Å². The number of hydrogen-bond donors (Lipinski definition) is 1. The molecule has 0 aliphatic rings. The number of aromatic amines is 1. The summed E-state index contributed by atoms with van der Waals surface area (Å²) in [5, 5.41) is 9.59. The molecular formula is C20H16BrN3O3. The number of carbonyl (C=O) groups excluding carboxylic acids is 1. The van der Waals surface area contributed by atoms with Crippen LogP contribution in [0, 0.1) is 11.3 Å². The van der Waals surface area contributed by atoms with E-state index < -0.39 is 5.97 Å². The van der Waals surface area contributed by atoms with Gasteiger partial charge in [-0.2, -0.15) is 5.26 Å². The summed E-state index contributed by atoms with van der Waals surface area (Å²) in [5.74, 6) is 0.760. The number of para-hydroxylation sites is 2. The van der Waals surface area contributed by atoms with Gasteiger partial charge >= 0.3 is 5.97 Å². The molecule has 1 heterocycles. The third-order valence-corrected chi connectivity index (χ3v) is 4.24. The average Bonchev–Trinajstić information content (AvgIpc) is 3.06. The number of nitrogens with one attached hydrogen (secondary N) is 1. The number of H-pyrrole nitrogens is 1. The fourth-order valence-electron chi connectivity index (χ4n) is 2.58. The van der Waals surface area contributed by atoms with Gasteiger partial charge in [-0.15, -0.1) is 0 Å². The first-order valence-electron chi connectivity index (χ1n) is 8.23. The Balaban J connectivity index is 2.05. The summed E-state index contributed by atoms with van der Waals surface area (Å²) in [4.78, 5) is 18.9. The number of halogens is 1. The summed E-state index contributed by atoms with van der Waals surface area (Å²) in [7, 11) is 0. The van der Waals surface area contributed by atoms with Gasteiger partial charge in [-0.05, 0) is 58.8 Å². The predicted octanol–water partition coefficient (Wildman–Crippen LogP) is 4.71. The van der Waals surface area contributed by atoms with Crippen LogP contribution < -0.4 is 9.47 Å². The second-order valence-electron chi connectivity index (χ2n) is 5.63. The minimum atomic E-state index is -0.445. The molecule has 0 saturated heterocycles. The van der Waals surface area contributed by atoms with Gasteiger partial charge in [-0.1, -0.05) is 12.1 Å². The Labute approximate surface area is 164 Å². The van der Waals surface area contributed by atoms with Crippen molar-refractivity contribution in [2.24, 2.45) is 0 Å². The van der Waals surface area contributed by atoms with Crippen molar-refractivity contribution >= 4 is 44.6 Å². The molecule has 7 heteroatoms. The van der Waals surface area contributed by atoms with Crippen molar-refractivity contribution < 1.29 is 14.3 Å². The number of allylic oxidation sites excluding steroid dienone is 1. The van der Waals surface area contributed by atoms with Gasteiger partial charge in [0.05, 0.1) is 27.7 Å². The van der Waals surface area contributed by atoms with E-state index >= 15 is 0 Å². The molecule has 0 bridgehead atoms. The Hall–Kier alpha value is -3.11. The quantitative estimate of drug-likeness (QED) is 0.363. The van der Waals surface area contributed by atoms with Crippen molar-refractivity contribution in [3.05, 3.63) is 52.3 Å². The number of hydrogen-bond acceptors (Lipinski definition) is 5. The van der Waals surface area contributed by atoms with Gasteiger partial charge in [0, 0.05) is 6.92 Å². The molecule has 1 N–H and O–H groups in total. The van der Waals surface area contributed by atoms with Crippen molar-refractivity contribution in [1.29, 1.82) is 5.26 Å². The lowest BCUT2D eigenvalue weighted by Gasteiger charge is -2.12. The van der Waals surface area contributed by atoms with E-state index in [0.717, 1.165) is 11.0 Å². The van der Waals surface area contributed by atoms with Gasteiger partial charge in [0.2, 0.25) is 0 Å². The van der Waals surface area contributed by atoms with Crippen LogP contribution in [0.15, 0.2) is 40.9 Å². The van der Waals surface area contributed by atoms with Crippen molar-refractivity contribution in [2.45, 2.75) is 13.8 Å². The Morgan fingerprint density at radius 1 is 1.37 bits per heavy atom. The van der Waals surface area contributed by atoms with E-state index in [4.69, 9.17) is 9.47 Å². The molecule has 0 fully saturated rings. The number of nitrogens with zero attached hydrogens (tertiary/aromatic N) is 2. The molecule has 0 aliphatic carbocycles. The van der Waals surface area contributed by atoms with Gasteiger partial charge < -0.3 is 14.5 Å². The Bertz CT molecular complexity index is 1050. The summed E-state index contributed by atoms with van der Waals surface area (Å²) in [6.45, 7) is 3.57. The standard InChI is InChI=1S/C20H16BrN3O3/c1-3-26-18-10-13(9-15(21)19(18)27-12(2)25)8-14(11-22)20-23-16-6-4-5-7-17(16)24-20/h4-10H,3H2,1-2H3,(H,23,24). The first-order chi connectivity index (χ1) is 13.0. The van der Waals surface area contributed by atoms with E-state index in [0.29, 0.717) is 39.5 Å². The van der Waals surface area contributed by atoms with Crippen LogP contribution >= 0.6 is 15.9 Å². The third kappa shape index (κ3) is 4.18. The van der Waals surface area contributed by atoms with Crippen LogP contribution in [0.2, 0.25) is 0 Å². The Kier molecular flexibility index (Phi) is 5.57. The maximum Gasteiger partial charge on any atom is 0.308 e. The Morgan fingerprint density at radius 2 is 2.15 bits per heavy atom. The number of ether oxygens (including phenoxy) is 2. The highest BCUT2D eigenvalue weighted by Gasteiger charge is 2.15. The molecule has 0 radical (unpaired) electrons. The van der Waals surface area contributed by atoms with E-state index in [1.54, 1.807) is 18.2 Å². The van der Waals surface area contributed by atoms with Crippen LogP contribution in [-0.4, -0.2) is 22.5 Å². The van der Waals surface area contributed by atoms with E-state index in [1.807, 2.05) is 31.2 Å². The lowest BCUT2D eigenvalue weighted by atomic mass is 10.1. The van der Waals surface area contributed by atoms with Crippen molar-refractivity contribution in [1.82, 2.24) is 9.97 Å². The fourth-order valence-corrected chi connectivity index (χ4v) is 3.12. The van der Waals surface area contributed by atoms with Crippen LogP contribution in [0.4, 0.5) is 0 Å². The number of fused-ring (bicyclic) bond motifs is 1. The van der Waals surface area contributed by atoms with Crippen LogP contribution in [0.5, 0.6) is 11.5 Å². The maximum atomic E-state index is 11.3. The zero-order valence-electron chi connectivity index (χ0n) is 14.7.